The van der Waals surface area contributed by atoms with Crippen molar-refractivity contribution < 1.29 is 10.2 Å². The van der Waals surface area contributed by atoms with Crippen molar-refractivity contribution >= 4 is 0 Å². The van der Waals surface area contributed by atoms with Gasteiger partial charge in [-0.05, 0) is 25.7 Å². The Morgan fingerprint density at radius 2 is 1.20 bits per heavy atom. The van der Waals surface area contributed by atoms with Crippen molar-refractivity contribution in [1.82, 2.24) is 0 Å². The molecule has 0 heterocycles. The van der Waals surface area contributed by atoms with Crippen LogP contribution in [-0.4, -0.2) is 21.7 Å². The summed E-state index contributed by atoms with van der Waals surface area (Å²) in [7, 11) is 0. The van der Waals surface area contributed by atoms with Gasteiger partial charge in [-0.2, -0.15) is 0 Å². The van der Waals surface area contributed by atoms with Gasteiger partial charge in [0, 0.05) is 0 Å². The first-order valence-corrected chi connectivity index (χ1v) is 3.48. The van der Waals surface area contributed by atoms with Crippen LogP contribution >= 0.6 is 0 Å². The van der Waals surface area contributed by atoms with Crippen molar-refractivity contribution in [3.05, 3.63) is 0 Å². The third-order valence-corrected chi connectivity index (χ3v) is 2.12. The normalized spacial score (nSPS) is 49.2. The second-order valence-corrected chi connectivity index (χ2v) is 3.06. The Bertz CT molecular complexity index is 118. The van der Waals surface area contributed by atoms with Crippen LogP contribution in [0.25, 0.3) is 0 Å². The third kappa shape index (κ3) is 1.15. The molecule has 0 spiro atoms. The highest BCUT2D eigenvalue weighted by molar-refractivity contribution is 4.93. The van der Waals surface area contributed by atoms with E-state index in [9.17, 15) is 10.2 Å². The quantitative estimate of drug-likeness (QED) is 0.325. The summed E-state index contributed by atoms with van der Waals surface area (Å²) >= 11 is 0. The highest BCUT2D eigenvalue weighted by Crippen LogP contribution is 2.29. The summed E-state index contributed by atoms with van der Waals surface area (Å²) in [5.41, 5.74) is 7.49. The lowest BCUT2D eigenvalue weighted by Gasteiger charge is -2.41. The van der Waals surface area contributed by atoms with Gasteiger partial charge in [0.1, 0.15) is 0 Å². The number of hydrogen-bond donors (Lipinski definition) is 4. The third-order valence-electron chi connectivity index (χ3n) is 2.12. The van der Waals surface area contributed by atoms with Gasteiger partial charge in [-0.3, -0.25) is 0 Å². The number of aliphatic hydroxyl groups is 2. The van der Waals surface area contributed by atoms with Gasteiger partial charge in [-0.15, -0.1) is 0 Å². The van der Waals surface area contributed by atoms with Crippen molar-refractivity contribution in [3.63, 3.8) is 0 Å². The molecule has 0 aromatic carbocycles. The zero-order chi connectivity index (χ0) is 7.83. The minimum Gasteiger partial charge on any atom is -0.372 e. The fraction of sp³-hybridized carbons (Fsp3) is 1.00. The Hall–Kier alpha value is -0.160. The van der Waals surface area contributed by atoms with Crippen LogP contribution in [0.1, 0.15) is 25.7 Å². The van der Waals surface area contributed by atoms with E-state index < -0.39 is 11.4 Å². The summed E-state index contributed by atoms with van der Waals surface area (Å²) in [6.45, 7) is 0. The van der Waals surface area contributed by atoms with E-state index in [1.807, 2.05) is 0 Å². The molecular formula is C6H14N2O2. The fourth-order valence-electron chi connectivity index (χ4n) is 1.22. The Balaban J connectivity index is 2.70. The molecule has 1 aliphatic rings. The average Bonchev–Trinajstić information content (AvgIpc) is 1.77. The lowest BCUT2D eigenvalue weighted by atomic mass is 9.85. The second kappa shape index (κ2) is 2.17. The van der Waals surface area contributed by atoms with Gasteiger partial charge in [0.2, 0.25) is 0 Å². The minimum atomic E-state index is -1.59. The Morgan fingerprint density at radius 1 is 0.900 bits per heavy atom. The number of rotatable bonds is 0. The largest absolute Gasteiger partial charge is 0.372 e. The van der Waals surface area contributed by atoms with Gasteiger partial charge in [0.05, 0.1) is 0 Å². The first-order chi connectivity index (χ1) is 4.46. The van der Waals surface area contributed by atoms with Crippen LogP contribution in [0.2, 0.25) is 0 Å². The number of nitrogens with two attached hydrogens (primary N) is 2. The number of hydrogen-bond acceptors (Lipinski definition) is 4. The van der Waals surface area contributed by atoms with E-state index in [-0.39, 0.29) is 0 Å². The maximum Gasteiger partial charge on any atom is 0.155 e. The van der Waals surface area contributed by atoms with Crippen LogP contribution in [0.5, 0.6) is 0 Å². The van der Waals surface area contributed by atoms with E-state index in [1.54, 1.807) is 0 Å². The van der Waals surface area contributed by atoms with E-state index in [0.717, 1.165) is 12.8 Å². The zero-order valence-electron chi connectivity index (χ0n) is 5.88. The SMILES string of the molecule is N[C@]1(O)CCCC[C@@]1(N)O. The molecule has 0 amide bonds. The Labute approximate surface area is 59.8 Å². The molecule has 1 aliphatic carbocycles. The predicted octanol–water partition coefficient (Wildman–Crippen LogP) is -1.15. The van der Waals surface area contributed by atoms with Crippen molar-refractivity contribution in [1.29, 1.82) is 0 Å². The van der Waals surface area contributed by atoms with Crippen molar-refractivity contribution in [2.45, 2.75) is 37.1 Å². The summed E-state index contributed by atoms with van der Waals surface area (Å²) < 4.78 is 0. The maximum atomic E-state index is 9.30. The minimum absolute atomic E-state index is 0.375. The van der Waals surface area contributed by atoms with Crippen LogP contribution in [0, 0.1) is 0 Å². The predicted molar refractivity (Wildman–Crippen MR) is 36.7 cm³/mol. The average molecular weight is 146 g/mol. The van der Waals surface area contributed by atoms with Gasteiger partial charge in [0.25, 0.3) is 0 Å². The van der Waals surface area contributed by atoms with Gasteiger partial charge in [-0.25, -0.2) is 0 Å². The molecule has 1 saturated carbocycles. The molecule has 4 heteroatoms. The molecule has 0 unspecified atom stereocenters. The Morgan fingerprint density at radius 3 is 1.40 bits per heavy atom. The van der Waals surface area contributed by atoms with Crippen LogP contribution in [0.3, 0.4) is 0 Å². The molecular weight excluding hydrogens is 132 g/mol. The molecule has 1 rings (SSSR count). The van der Waals surface area contributed by atoms with E-state index in [1.165, 1.54) is 0 Å². The molecule has 60 valence electrons. The molecule has 0 aromatic rings. The summed E-state index contributed by atoms with van der Waals surface area (Å²) in [4.78, 5) is 0. The Kier molecular flexibility index (Phi) is 1.72. The monoisotopic (exact) mass is 146 g/mol. The summed E-state index contributed by atoms with van der Waals surface area (Å²) in [6.07, 6.45) is 2.40. The summed E-state index contributed by atoms with van der Waals surface area (Å²) in [5.74, 6) is 0. The molecule has 0 radical (unpaired) electrons. The zero-order valence-corrected chi connectivity index (χ0v) is 5.88. The fourth-order valence-corrected chi connectivity index (χ4v) is 1.22. The lowest BCUT2D eigenvalue weighted by Crippen LogP contribution is -2.67. The molecule has 4 nitrogen and oxygen atoms in total. The molecule has 1 fully saturated rings. The second-order valence-electron chi connectivity index (χ2n) is 3.06. The van der Waals surface area contributed by atoms with Crippen molar-refractivity contribution in [2.75, 3.05) is 0 Å². The van der Waals surface area contributed by atoms with Crippen LogP contribution in [0.4, 0.5) is 0 Å². The van der Waals surface area contributed by atoms with Crippen molar-refractivity contribution in [3.8, 4) is 0 Å². The molecule has 0 aliphatic heterocycles. The van der Waals surface area contributed by atoms with Crippen LogP contribution < -0.4 is 11.5 Å². The highest BCUT2D eigenvalue weighted by atomic mass is 16.4. The summed E-state index contributed by atoms with van der Waals surface area (Å²) in [6, 6.07) is 0. The van der Waals surface area contributed by atoms with Gasteiger partial charge >= 0.3 is 0 Å². The van der Waals surface area contributed by atoms with Crippen LogP contribution in [0.15, 0.2) is 0 Å². The maximum absolute atomic E-state index is 9.30. The van der Waals surface area contributed by atoms with Gasteiger partial charge in [0.15, 0.2) is 11.4 Å². The first kappa shape index (κ1) is 7.94. The molecule has 2 atom stereocenters. The standard InChI is InChI=1S/C6H14N2O2/c7-5(9)3-1-2-4-6(5,8)10/h9-10H,1-4,7-8H2/t5-,6+. The van der Waals surface area contributed by atoms with Crippen LogP contribution in [-0.2, 0) is 0 Å². The first-order valence-electron chi connectivity index (χ1n) is 3.48. The van der Waals surface area contributed by atoms with E-state index in [4.69, 9.17) is 11.5 Å². The molecule has 0 bridgehead atoms. The summed E-state index contributed by atoms with van der Waals surface area (Å²) in [5, 5.41) is 18.6. The van der Waals surface area contributed by atoms with E-state index in [2.05, 4.69) is 0 Å². The van der Waals surface area contributed by atoms with Gasteiger partial charge < -0.3 is 21.7 Å². The smallest absolute Gasteiger partial charge is 0.155 e. The van der Waals surface area contributed by atoms with Crippen molar-refractivity contribution in [2.24, 2.45) is 11.5 Å². The lowest BCUT2D eigenvalue weighted by molar-refractivity contribution is -0.168. The molecule has 10 heavy (non-hydrogen) atoms. The van der Waals surface area contributed by atoms with E-state index >= 15 is 0 Å². The van der Waals surface area contributed by atoms with E-state index in [0.29, 0.717) is 12.8 Å². The molecule has 0 saturated heterocycles. The molecule has 0 aromatic heterocycles. The topological polar surface area (TPSA) is 92.5 Å². The van der Waals surface area contributed by atoms with Gasteiger partial charge in [-0.1, -0.05) is 0 Å². The highest BCUT2D eigenvalue weighted by Gasteiger charge is 2.44. The molecule has 6 N–H and O–H groups in total.